The van der Waals surface area contributed by atoms with Gasteiger partial charge in [-0.3, -0.25) is 0 Å². The minimum atomic E-state index is -0.387. The SMILES string of the molecule is COc1cccc(CC(C)O)c1OC(C)C. The van der Waals surface area contributed by atoms with Gasteiger partial charge >= 0.3 is 0 Å². The second-order valence-electron chi connectivity index (χ2n) is 4.17. The van der Waals surface area contributed by atoms with Gasteiger partial charge in [-0.1, -0.05) is 12.1 Å². The number of rotatable bonds is 5. The largest absolute Gasteiger partial charge is 0.493 e. The van der Waals surface area contributed by atoms with Crippen molar-refractivity contribution in [2.75, 3.05) is 7.11 Å². The van der Waals surface area contributed by atoms with Crippen LogP contribution in [0, 0.1) is 0 Å². The highest BCUT2D eigenvalue weighted by molar-refractivity contribution is 5.47. The smallest absolute Gasteiger partial charge is 0.164 e. The number of benzene rings is 1. The van der Waals surface area contributed by atoms with Gasteiger partial charge in [-0.05, 0) is 26.8 Å². The lowest BCUT2D eigenvalue weighted by Gasteiger charge is -2.18. The van der Waals surface area contributed by atoms with Gasteiger partial charge < -0.3 is 14.6 Å². The van der Waals surface area contributed by atoms with Crippen molar-refractivity contribution in [3.63, 3.8) is 0 Å². The first kappa shape index (κ1) is 12.8. The zero-order chi connectivity index (χ0) is 12.1. The van der Waals surface area contributed by atoms with Crippen molar-refractivity contribution in [3.8, 4) is 11.5 Å². The van der Waals surface area contributed by atoms with E-state index in [4.69, 9.17) is 9.47 Å². The van der Waals surface area contributed by atoms with Gasteiger partial charge in [0, 0.05) is 12.0 Å². The van der Waals surface area contributed by atoms with Crippen molar-refractivity contribution < 1.29 is 14.6 Å². The van der Waals surface area contributed by atoms with E-state index >= 15 is 0 Å². The Balaban J connectivity index is 3.04. The van der Waals surface area contributed by atoms with Crippen LogP contribution in [-0.2, 0) is 6.42 Å². The maximum Gasteiger partial charge on any atom is 0.164 e. The summed E-state index contributed by atoms with van der Waals surface area (Å²) in [6, 6.07) is 5.72. The van der Waals surface area contributed by atoms with Crippen molar-refractivity contribution in [3.05, 3.63) is 23.8 Å². The number of methoxy groups -OCH3 is 1. The molecule has 1 aromatic carbocycles. The number of aliphatic hydroxyl groups is 1. The minimum absolute atomic E-state index is 0.0871. The van der Waals surface area contributed by atoms with Gasteiger partial charge in [-0.15, -0.1) is 0 Å². The fourth-order valence-corrected chi connectivity index (χ4v) is 1.57. The average Bonchev–Trinajstić information content (AvgIpc) is 2.19. The van der Waals surface area contributed by atoms with Crippen molar-refractivity contribution in [2.24, 2.45) is 0 Å². The summed E-state index contributed by atoms with van der Waals surface area (Å²) in [4.78, 5) is 0. The summed E-state index contributed by atoms with van der Waals surface area (Å²) in [5, 5.41) is 9.43. The molecule has 1 rings (SSSR count). The highest BCUT2D eigenvalue weighted by Crippen LogP contribution is 2.32. The molecular formula is C13H20O3. The van der Waals surface area contributed by atoms with Crippen LogP contribution in [0.2, 0.25) is 0 Å². The molecule has 0 aromatic heterocycles. The summed E-state index contributed by atoms with van der Waals surface area (Å²) >= 11 is 0. The van der Waals surface area contributed by atoms with Gasteiger partial charge in [0.1, 0.15) is 0 Å². The van der Waals surface area contributed by atoms with E-state index in [0.717, 1.165) is 11.3 Å². The molecule has 1 unspecified atom stereocenters. The van der Waals surface area contributed by atoms with E-state index in [1.54, 1.807) is 14.0 Å². The van der Waals surface area contributed by atoms with Crippen LogP contribution >= 0.6 is 0 Å². The van der Waals surface area contributed by atoms with E-state index in [1.807, 2.05) is 32.0 Å². The molecule has 0 saturated carbocycles. The highest BCUT2D eigenvalue weighted by atomic mass is 16.5. The normalized spacial score (nSPS) is 12.6. The maximum absolute atomic E-state index is 9.43. The van der Waals surface area contributed by atoms with E-state index < -0.39 is 0 Å². The van der Waals surface area contributed by atoms with Crippen molar-refractivity contribution in [1.29, 1.82) is 0 Å². The van der Waals surface area contributed by atoms with Crippen LogP contribution < -0.4 is 9.47 Å². The first-order valence-electron chi connectivity index (χ1n) is 5.55. The topological polar surface area (TPSA) is 38.7 Å². The summed E-state index contributed by atoms with van der Waals surface area (Å²) in [5.74, 6) is 1.45. The lowest BCUT2D eigenvalue weighted by molar-refractivity contribution is 0.188. The molecule has 0 saturated heterocycles. The third kappa shape index (κ3) is 3.42. The number of para-hydroxylation sites is 1. The predicted octanol–water partition coefficient (Wildman–Crippen LogP) is 2.41. The third-order valence-corrected chi connectivity index (χ3v) is 2.15. The Labute approximate surface area is 97.0 Å². The van der Waals surface area contributed by atoms with Gasteiger partial charge in [0.25, 0.3) is 0 Å². The Kier molecular flexibility index (Phi) is 4.62. The maximum atomic E-state index is 9.43. The Morgan fingerprint density at radius 1 is 1.25 bits per heavy atom. The van der Waals surface area contributed by atoms with Gasteiger partial charge in [0.15, 0.2) is 11.5 Å². The van der Waals surface area contributed by atoms with Crippen molar-refractivity contribution >= 4 is 0 Å². The monoisotopic (exact) mass is 224 g/mol. The second kappa shape index (κ2) is 5.75. The molecule has 0 bridgehead atoms. The predicted molar refractivity (Wildman–Crippen MR) is 64.1 cm³/mol. The lowest BCUT2D eigenvalue weighted by atomic mass is 10.1. The van der Waals surface area contributed by atoms with Gasteiger partial charge in [-0.2, -0.15) is 0 Å². The van der Waals surface area contributed by atoms with Gasteiger partial charge in [0.2, 0.25) is 0 Å². The molecule has 1 N–H and O–H groups in total. The molecule has 0 fully saturated rings. The van der Waals surface area contributed by atoms with E-state index in [9.17, 15) is 5.11 Å². The molecule has 1 atom stereocenters. The number of ether oxygens (including phenoxy) is 2. The summed E-state index contributed by atoms with van der Waals surface area (Å²) in [5.41, 5.74) is 0.975. The van der Waals surface area contributed by atoms with Crippen LogP contribution in [0.5, 0.6) is 11.5 Å². The fraction of sp³-hybridized carbons (Fsp3) is 0.538. The van der Waals surface area contributed by atoms with Crippen LogP contribution in [0.4, 0.5) is 0 Å². The average molecular weight is 224 g/mol. The Hall–Kier alpha value is -1.22. The Bertz CT molecular complexity index is 332. The molecule has 3 heteroatoms. The summed E-state index contributed by atoms with van der Waals surface area (Å²) in [6.07, 6.45) is 0.268. The fourth-order valence-electron chi connectivity index (χ4n) is 1.57. The lowest BCUT2D eigenvalue weighted by Crippen LogP contribution is -2.11. The van der Waals surface area contributed by atoms with Gasteiger partial charge in [0.05, 0.1) is 19.3 Å². The van der Waals surface area contributed by atoms with E-state index in [2.05, 4.69) is 0 Å². The van der Waals surface area contributed by atoms with E-state index in [-0.39, 0.29) is 12.2 Å². The van der Waals surface area contributed by atoms with Crippen LogP contribution in [0.15, 0.2) is 18.2 Å². The molecule has 0 aliphatic heterocycles. The number of hydrogen-bond acceptors (Lipinski definition) is 3. The molecule has 0 aliphatic carbocycles. The third-order valence-electron chi connectivity index (χ3n) is 2.15. The zero-order valence-corrected chi connectivity index (χ0v) is 10.4. The zero-order valence-electron chi connectivity index (χ0n) is 10.4. The molecular weight excluding hydrogens is 204 g/mol. The number of hydrogen-bond donors (Lipinski definition) is 1. The minimum Gasteiger partial charge on any atom is -0.493 e. The van der Waals surface area contributed by atoms with Crippen LogP contribution in [0.1, 0.15) is 26.3 Å². The first-order valence-corrected chi connectivity index (χ1v) is 5.55. The molecule has 0 radical (unpaired) electrons. The van der Waals surface area contributed by atoms with Gasteiger partial charge in [-0.25, -0.2) is 0 Å². The second-order valence-corrected chi connectivity index (χ2v) is 4.17. The van der Waals surface area contributed by atoms with Crippen molar-refractivity contribution in [2.45, 2.75) is 39.4 Å². The molecule has 3 nitrogen and oxygen atoms in total. The summed E-state index contributed by atoms with van der Waals surface area (Å²) in [6.45, 7) is 5.70. The van der Waals surface area contributed by atoms with Crippen LogP contribution in [-0.4, -0.2) is 24.4 Å². The number of aliphatic hydroxyl groups excluding tert-OH is 1. The summed E-state index contributed by atoms with van der Waals surface area (Å²) < 4.78 is 11.0. The molecule has 0 amide bonds. The Morgan fingerprint density at radius 3 is 2.44 bits per heavy atom. The summed E-state index contributed by atoms with van der Waals surface area (Å²) in [7, 11) is 1.62. The molecule has 0 spiro atoms. The molecule has 1 aromatic rings. The van der Waals surface area contributed by atoms with E-state index in [1.165, 1.54) is 0 Å². The van der Waals surface area contributed by atoms with Crippen LogP contribution in [0.3, 0.4) is 0 Å². The van der Waals surface area contributed by atoms with Crippen molar-refractivity contribution in [1.82, 2.24) is 0 Å². The molecule has 0 heterocycles. The quantitative estimate of drug-likeness (QED) is 0.834. The first-order chi connectivity index (χ1) is 7.54. The standard InChI is InChI=1S/C13H20O3/c1-9(2)16-13-11(8-10(3)14)6-5-7-12(13)15-4/h5-7,9-10,14H,8H2,1-4H3. The van der Waals surface area contributed by atoms with Crippen LogP contribution in [0.25, 0.3) is 0 Å². The molecule has 0 aliphatic rings. The van der Waals surface area contributed by atoms with E-state index in [0.29, 0.717) is 12.2 Å². The molecule has 16 heavy (non-hydrogen) atoms. The Morgan fingerprint density at radius 2 is 1.94 bits per heavy atom. The molecule has 90 valence electrons. The highest BCUT2D eigenvalue weighted by Gasteiger charge is 2.13.